The number of carbonyl (C=O) groups is 1. The zero-order chi connectivity index (χ0) is 15.0. The number of amides is 1. The van der Waals surface area contributed by atoms with Gasteiger partial charge in [0.25, 0.3) is 0 Å². The van der Waals surface area contributed by atoms with Crippen LogP contribution in [0.2, 0.25) is 0 Å². The van der Waals surface area contributed by atoms with E-state index in [0.717, 1.165) is 12.0 Å². The monoisotopic (exact) mass is 278 g/mol. The molecule has 0 aromatic heterocycles. The number of rotatable bonds is 8. The molecule has 1 aromatic carbocycles. The fraction of sp³-hybridized carbons (Fsp3) is 0.562. The van der Waals surface area contributed by atoms with E-state index in [9.17, 15) is 9.90 Å². The number of nitrogens with one attached hydrogen (secondary N) is 1. The Bertz CT molecular complexity index is 393. The molecular weight excluding hydrogens is 252 g/mol. The maximum atomic E-state index is 12.1. The second-order valence-electron chi connectivity index (χ2n) is 5.65. The molecule has 0 saturated heterocycles. The van der Waals surface area contributed by atoms with Crippen molar-refractivity contribution in [1.29, 1.82) is 0 Å². The molecule has 20 heavy (non-hydrogen) atoms. The first-order valence-electron chi connectivity index (χ1n) is 7.22. The molecule has 2 atom stereocenters. The summed E-state index contributed by atoms with van der Waals surface area (Å²) in [4.78, 5) is 12.1. The van der Waals surface area contributed by atoms with Gasteiger partial charge in [0.2, 0.25) is 5.91 Å². The van der Waals surface area contributed by atoms with Crippen LogP contribution in [0.3, 0.4) is 0 Å². The van der Waals surface area contributed by atoms with E-state index >= 15 is 0 Å². The fourth-order valence-electron chi connectivity index (χ4n) is 2.36. The molecule has 0 bridgehead atoms. The van der Waals surface area contributed by atoms with Gasteiger partial charge in [-0.15, -0.1) is 0 Å². The molecule has 1 amide bonds. The SMILES string of the molecule is CC(C)C[C@H](CN)CC(=O)NC(CO)c1ccccc1. The molecule has 0 aliphatic heterocycles. The summed E-state index contributed by atoms with van der Waals surface area (Å²) >= 11 is 0. The largest absolute Gasteiger partial charge is 0.394 e. The summed E-state index contributed by atoms with van der Waals surface area (Å²) in [6.07, 6.45) is 1.36. The highest BCUT2D eigenvalue weighted by molar-refractivity contribution is 5.76. The maximum absolute atomic E-state index is 12.1. The van der Waals surface area contributed by atoms with E-state index in [1.807, 2.05) is 30.3 Å². The third-order valence-corrected chi connectivity index (χ3v) is 3.33. The zero-order valence-corrected chi connectivity index (χ0v) is 12.4. The second-order valence-corrected chi connectivity index (χ2v) is 5.65. The Balaban J connectivity index is 2.55. The molecule has 0 fully saturated rings. The lowest BCUT2D eigenvalue weighted by atomic mass is 9.94. The van der Waals surface area contributed by atoms with Crippen LogP contribution in [-0.2, 0) is 4.79 Å². The average Bonchev–Trinajstić information content (AvgIpc) is 2.44. The van der Waals surface area contributed by atoms with Gasteiger partial charge in [-0.1, -0.05) is 44.2 Å². The number of carbonyl (C=O) groups excluding carboxylic acids is 1. The van der Waals surface area contributed by atoms with Crippen molar-refractivity contribution in [1.82, 2.24) is 5.32 Å². The number of hydrogen-bond acceptors (Lipinski definition) is 3. The summed E-state index contributed by atoms with van der Waals surface area (Å²) in [7, 11) is 0. The van der Waals surface area contributed by atoms with Crippen molar-refractivity contribution in [3.05, 3.63) is 35.9 Å². The molecule has 112 valence electrons. The second kappa shape index (κ2) is 8.72. The molecule has 1 rings (SSSR count). The van der Waals surface area contributed by atoms with Crippen LogP contribution in [0.1, 0.15) is 38.3 Å². The minimum Gasteiger partial charge on any atom is -0.394 e. The van der Waals surface area contributed by atoms with Crippen LogP contribution in [0.5, 0.6) is 0 Å². The predicted octanol–water partition coefficient (Wildman–Crippen LogP) is 1.85. The lowest BCUT2D eigenvalue weighted by molar-refractivity contribution is -0.123. The number of hydrogen-bond donors (Lipinski definition) is 3. The fourth-order valence-corrected chi connectivity index (χ4v) is 2.36. The predicted molar refractivity (Wildman–Crippen MR) is 81.0 cm³/mol. The molecule has 4 nitrogen and oxygen atoms in total. The summed E-state index contributed by atoms with van der Waals surface area (Å²) < 4.78 is 0. The van der Waals surface area contributed by atoms with Gasteiger partial charge in [0, 0.05) is 6.42 Å². The first-order chi connectivity index (χ1) is 9.56. The average molecular weight is 278 g/mol. The highest BCUT2D eigenvalue weighted by atomic mass is 16.3. The first-order valence-corrected chi connectivity index (χ1v) is 7.22. The lowest BCUT2D eigenvalue weighted by Crippen LogP contribution is -2.33. The molecule has 4 heteroatoms. The summed E-state index contributed by atoms with van der Waals surface area (Å²) in [6.45, 7) is 4.66. The highest BCUT2D eigenvalue weighted by Crippen LogP contribution is 2.16. The van der Waals surface area contributed by atoms with Crippen molar-refractivity contribution >= 4 is 5.91 Å². The van der Waals surface area contributed by atoms with Crippen molar-refractivity contribution < 1.29 is 9.90 Å². The molecule has 1 aromatic rings. The Labute approximate surface area is 121 Å². The van der Waals surface area contributed by atoms with Gasteiger partial charge in [-0.25, -0.2) is 0 Å². The number of nitrogens with two attached hydrogens (primary N) is 1. The van der Waals surface area contributed by atoms with Crippen molar-refractivity contribution in [2.45, 2.75) is 32.7 Å². The molecule has 0 saturated carbocycles. The van der Waals surface area contributed by atoms with Gasteiger partial charge < -0.3 is 16.2 Å². The Kier molecular flexibility index (Phi) is 7.26. The van der Waals surface area contributed by atoms with Crippen molar-refractivity contribution in [3.63, 3.8) is 0 Å². The zero-order valence-electron chi connectivity index (χ0n) is 12.4. The normalized spacial score (nSPS) is 14.1. The van der Waals surface area contributed by atoms with Crippen molar-refractivity contribution in [2.24, 2.45) is 17.6 Å². The molecule has 4 N–H and O–H groups in total. The van der Waals surface area contributed by atoms with Gasteiger partial charge in [-0.2, -0.15) is 0 Å². The van der Waals surface area contributed by atoms with E-state index in [4.69, 9.17) is 5.73 Å². The van der Waals surface area contributed by atoms with E-state index in [0.29, 0.717) is 18.9 Å². The Morgan fingerprint density at radius 3 is 2.45 bits per heavy atom. The van der Waals surface area contributed by atoms with E-state index in [1.54, 1.807) is 0 Å². The van der Waals surface area contributed by atoms with Gasteiger partial charge in [0.1, 0.15) is 0 Å². The summed E-state index contributed by atoms with van der Waals surface area (Å²) in [5.74, 6) is 0.674. The summed E-state index contributed by atoms with van der Waals surface area (Å²) in [5, 5.41) is 12.3. The van der Waals surface area contributed by atoms with E-state index in [-0.39, 0.29) is 24.5 Å². The smallest absolute Gasteiger partial charge is 0.220 e. The van der Waals surface area contributed by atoms with E-state index in [1.165, 1.54) is 0 Å². The van der Waals surface area contributed by atoms with Gasteiger partial charge in [-0.3, -0.25) is 4.79 Å². The van der Waals surface area contributed by atoms with E-state index in [2.05, 4.69) is 19.2 Å². The van der Waals surface area contributed by atoms with E-state index < -0.39 is 0 Å². The van der Waals surface area contributed by atoms with Gasteiger partial charge in [0.05, 0.1) is 12.6 Å². The molecular formula is C16H26N2O2. The quantitative estimate of drug-likeness (QED) is 0.679. The molecule has 0 radical (unpaired) electrons. The van der Waals surface area contributed by atoms with Crippen molar-refractivity contribution in [3.8, 4) is 0 Å². The maximum Gasteiger partial charge on any atom is 0.220 e. The number of aliphatic hydroxyl groups excluding tert-OH is 1. The lowest BCUT2D eigenvalue weighted by Gasteiger charge is -2.20. The Morgan fingerprint density at radius 1 is 1.30 bits per heavy atom. The van der Waals surface area contributed by atoms with Gasteiger partial charge in [-0.05, 0) is 30.4 Å². The molecule has 0 aliphatic carbocycles. The highest BCUT2D eigenvalue weighted by Gasteiger charge is 2.17. The molecule has 0 heterocycles. The van der Waals surface area contributed by atoms with Crippen LogP contribution in [-0.4, -0.2) is 24.2 Å². The number of benzene rings is 1. The third kappa shape index (κ3) is 5.72. The molecule has 0 aliphatic rings. The summed E-state index contributed by atoms with van der Waals surface area (Å²) in [5.41, 5.74) is 6.63. The van der Waals surface area contributed by atoms with Crippen LogP contribution in [0.15, 0.2) is 30.3 Å². The van der Waals surface area contributed by atoms with Crippen LogP contribution < -0.4 is 11.1 Å². The van der Waals surface area contributed by atoms with Crippen molar-refractivity contribution in [2.75, 3.05) is 13.2 Å². The Morgan fingerprint density at radius 2 is 1.95 bits per heavy atom. The third-order valence-electron chi connectivity index (χ3n) is 3.33. The van der Waals surface area contributed by atoms with Gasteiger partial charge in [0.15, 0.2) is 0 Å². The minimum absolute atomic E-state index is 0.0518. The first kappa shape index (κ1) is 16.7. The number of aliphatic hydroxyl groups is 1. The molecule has 1 unspecified atom stereocenters. The van der Waals surface area contributed by atoms with Crippen LogP contribution >= 0.6 is 0 Å². The Hall–Kier alpha value is -1.39. The summed E-state index contributed by atoms with van der Waals surface area (Å²) in [6, 6.07) is 9.15. The van der Waals surface area contributed by atoms with Crippen LogP contribution in [0.25, 0.3) is 0 Å². The minimum atomic E-state index is -0.346. The standard InChI is InChI=1S/C16H26N2O2/c1-12(2)8-13(10-17)9-16(20)18-15(11-19)14-6-4-3-5-7-14/h3-7,12-13,15,19H,8-11,17H2,1-2H3,(H,18,20)/t13-,15?/m0/s1. The van der Waals surface area contributed by atoms with Gasteiger partial charge >= 0.3 is 0 Å². The topological polar surface area (TPSA) is 75.4 Å². The molecule has 0 spiro atoms. The van der Waals surface area contributed by atoms with Crippen LogP contribution in [0.4, 0.5) is 0 Å². The van der Waals surface area contributed by atoms with Crippen LogP contribution in [0, 0.1) is 11.8 Å².